The Hall–Kier alpha value is -3.61. The van der Waals surface area contributed by atoms with Crippen LogP contribution in [0.5, 0.6) is 5.75 Å². The minimum atomic E-state index is -0.687. The van der Waals surface area contributed by atoms with Gasteiger partial charge in [-0.1, -0.05) is 0 Å². The largest absolute Gasteiger partial charge is 0.508 e. The van der Waals surface area contributed by atoms with Crippen LogP contribution in [0.2, 0.25) is 0 Å². The van der Waals surface area contributed by atoms with Crippen molar-refractivity contribution in [1.82, 2.24) is 15.2 Å². The number of pyridine rings is 1. The molecule has 32 heavy (non-hydrogen) atoms. The highest BCUT2D eigenvalue weighted by molar-refractivity contribution is 5.99. The molecule has 4 N–H and O–H groups in total. The number of nitrogens with two attached hydrogens (primary N) is 1. The number of rotatable bonds is 3. The molecule has 0 saturated carbocycles. The number of aryl methyl sites for hydroxylation is 1. The molecule has 0 aliphatic carbocycles. The van der Waals surface area contributed by atoms with E-state index in [0.717, 1.165) is 19.0 Å². The fraction of sp³-hybridized carbons (Fsp3) is 0.227. The first-order valence-corrected chi connectivity index (χ1v) is 9.84. The molecule has 8 nitrogen and oxygen atoms in total. The van der Waals surface area contributed by atoms with Gasteiger partial charge in [-0.2, -0.15) is 10.4 Å². The summed E-state index contributed by atoms with van der Waals surface area (Å²) in [6, 6.07) is 9.63. The number of aromatic amines is 1. The number of hydrogen-bond donors (Lipinski definition) is 3. The molecule has 1 aromatic carbocycles. The van der Waals surface area contributed by atoms with Gasteiger partial charge in [-0.05, 0) is 31.5 Å². The van der Waals surface area contributed by atoms with Crippen molar-refractivity contribution in [3.8, 4) is 34.4 Å². The number of nitriles is 1. The molecule has 0 radical (unpaired) electrons. The van der Waals surface area contributed by atoms with Crippen LogP contribution in [0.1, 0.15) is 17.7 Å². The van der Waals surface area contributed by atoms with Crippen molar-refractivity contribution in [1.29, 1.82) is 5.26 Å². The van der Waals surface area contributed by atoms with Crippen LogP contribution in [0.4, 0.5) is 10.3 Å². The lowest BCUT2D eigenvalue weighted by Gasteiger charge is -2.14. The van der Waals surface area contributed by atoms with E-state index in [0.29, 0.717) is 40.5 Å². The highest BCUT2D eigenvalue weighted by Gasteiger charge is 2.26. The lowest BCUT2D eigenvalue weighted by Crippen LogP contribution is -2.25. The summed E-state index contributed by atoms with van der Waals surface area (Å²) in [4.78, 5) is 6.51. The molecule has 0 amide bonds. The molecule has 0 spiro atoms. The number of anilines is 1. The van der Waals surface area contributed by atoms with E-state index in [-0.39, 0.29) is 41.0 Å². The van der Waals surface area contributed by atoms with Gasteiger partial charge >= 0.3 is 0 Å². The highest BCUT2D eigenvalue weighted by atomic mass is 35.5. The maximum atomic E-state index is 14.7. The number of benzene rings is 1. The molecular formula is C22H20ClFN6O2. The van der Waals surface area contributed by atoms with Crippen molar-refractivity contribution in [3.63, 3.8) is 0 Å². The van der Waals surface area contributed by atoms with Gasteiger partial charge in [0, 0.05) is 42.5 Å². The highest BCUT2D eigenvalue weighted by Crippen LogP contribution is 2.40. The summed E-state index contributed by atoms with van der Waals surface area (Å²) in [6.07, 6.45) is 0.879. The van der Waals surface area contributed by atoms with Gasteiger partial charge in [0.1, 0.15) is 23.4 Å². The zero-order valence-corrected chi connectivity index (χ0v) is 17.9. The number of furan rings is 1. The van der Waals surface area contributed by atoms with Gasteiger partial charge in [0.15, 0.2) is 11.5 Å². The van der Waals surface area contributed by atoms with Crippen LogP contribution in [0.3, 0.4) is 0 Å². The van der Waals surface area contributed by atoms with Crippen LogP contribution in [-0.4, -0.2) is 39.4 Å². The molecular weight excluding hydrogens is 435 g/mol. The van der Waals surface area contributed by atoms with Gasteiger partial charge in [0.25, 0.3) is 0 Å². The zero-order valence-electron chi connectivity index (χ0n) is 17.1. The number of H-pyrrole nitrogens is 1. The van der Waals surface area contributed by atoms with E-state index in [2.05, 4.69) is 26.2 Å². The lowest BCUT2D eigenvalue weighted by molar-refractivity contribution is 0.469. The van der Waals surface area contributed by atoms with Gasteiger partial charge in [-0.3, -0.25) is 5.10 Å². The smallest absolute Gasteiger partial charge is 0.196 e. The summed E-state index contributed by atoms with van der Waals surface area (Å²) in [5.41, 5.74) is 7.96. The third kappa shape index (κ3) is 3.43. The van der Waals surface area contributed by atoms with E-state index in [1.54, 1.807) is 6.07 Å². The number of nitrogens with zero attached hydrogens (tertiary/aromatic N) is 4. The first-order valence-electron chi connectivity index (χ1n) is 9.84. The summed E-state index contributed by atoms with van der Waals surface area (Å²) in [5, 5.41) is 27.4. The second-order valence-corrected chi connectivity index (χ2v) is 7.67. The van der Waals surface area contributed by atoms with Crippen molar-refractivity contribution in [3.05, 3.63) is 47.4 Å². The van der Waals surface area contributed by atoms with Crippen LogP contribution in [-0.2, 0) is 0 Å². The molecule has 0 unspecified atom stereocenters. The van der Waals surface area contributed by atoms with Crippen LogP contribution < -0.4 is 10.6 Å². The predicted molar refractivity (Wildman–Crippen MR) is 120 cm³/mol. The van der Waals surface area contributed by atoms with E-state index in [4.69, 9.17) is 10.2 Å². The summed E-state index contributed by atoms with van der Waals surface area (Å²) < 4.78 is 20.8. The number of aromatic nitrogens is 3. The maximum absolute atomic E-state index is 14.7. The van der Waals surface area contributed by atoms with Crippen LogP contribution >= 0.6 is 12.4 Å². The van der Waals surface area contributed by atoms with E-state index < -0.39 is 5.82 Å². The Morgan fingerprint density at radius 1 is 1.34 bits per heavy atom. The second kappa shape index (κ2) is 8.15. The van der Waals surface area contributed by atoms with Crippen LogP contribution in [0.15, 0.2) is 34.7 Å². The Morgan fingerprint density at radius 2 is 2.16 bits per heavy atom. The first kappa shape index (κ1) is 21.6. The number of fused-ring (bicyclic) bond motifs is 1. The summed E-state index contributed by atoms with van der Waals surface area (Å²) in [6.45, 7) is 3.31. The maximum Gasteiger partial charge on any atom is 0.196 e. The minimum Gasteiger partial charge on any atom is -0.508 e. The quantitative estimate of drug-likeness (QED) is 0.428. The fourth-order valence-corrected chi connectivity index (χ4v) is 4.07. The first-order chi connectivity index (χ1) is 15.0. The average molecular weight is 455 g/mol. The standard InChI is InChI=1S/C22H19FN6O2.ClH/c1-11-19-20(17-4-5-18(31-17)29-7-6-12(25)10-29)15(9-24)21(26-22(19)28-27-11)14-3-2-13(30)8-16(14)23;/h2-5,8,12,30H,6-7,10,25H2,1H3,(H,26,27,28);1H/t12-;/m1./s1. The van der Waals surface area contributed by atoms with Gasteiger partial charge in [-0.15, -0.1) is 12.4 Å². The molecule has 1 aliphatic heterocycles. The van der Waals surface area contributed by atoms with E-state index in [1.165, 1.54) is 12.1 Å². The Morgan fingerprint density at radius 3 is 2.84 bits per heavy atom. The molecule has 3 aromatic heterocycles. The third-order valence-electron chi connectivity index (χ3n) is 5.58. The van der Waals surface area contributed by atoms with E-state index in [9.17, 15) is 14.8 Å². The number of halogens is 2. The summed E-state index contributed by atoms with van der Waals surface area (Å²) >= 11 is 0. The number of nitrogens with one attached hydrogen (secondary N) is 1. The molecule has 1 atom stereocenters. The SMILES string of the molecule is Cc1[nH]nc2nc(-c3ccc(O)cc3F)c(C#N)c(-c3ccc(N4CC[C@@H](N)C4)o3)c12.Cl. The van der Waals surface area contributed by atoms with Crippen molar-refractivity contribution >= 4 is 29.3 Å². The predicted octanol–water partition coefficient (Wildman–Crippen LogP) is 3.87. The molecule has 1 aliphatic rings. The summed E-state index contributed by atoms with van der Waals surface area (Å²) in [7, 11) is 0. The summed E-state index contributed by atoms with van der Waals surface area (Å²) in [5.74, 6) is 0.226. The van der Waals surface area contributed by atoms with Crippen LogP contribution in [0, 0.1) is 24.1 Å². The second-order valence-electron chi connectivity index (χ2n) is 7.67. The molecule has 10 heteroatoms. The fourth-order valence-electron chi connectivity index (χ4n) is 4.07. The van der Waals surface area contributed by atoms with Crippen molar-refractivity contribution < 1.29 is 13.9 Å². The zero-order chi connectivity index (χ0) is 21.7. The number of phenols is 1. The Labute approximate surface area is 188 Å². The normalized spacial score (nSPS) is 15.7. The molecule has 5 rings (SSSR count). The molecule has 164 valence electrons. The monoisotopic (exact) mass is 454 g/mol. The topological polar surface area (TPSA) is 128 Å². The van der Waals surface area contributed by atoms with Crippen molar-refractivity contribution in [2.75, 3.05) is 18.0 Å². The number of aromatic hydroxyl groups is 1. The van der Waals surface area contributed by atoms with Gasteiger partial charge in [0.2, 0.25) is 0 Å². The minimum absolute atomic E-state index is 0. The number of phenolic OH excluding ortho intramolecular Hbond substituents is 1. The molecule has 1 saturated heterocycles. The Bertz CT molecular complexity index is 1360. The van der Waals surface area contributed by atoms with Gasteiger partial charge < -0.3 is 20.2 Å². The van der Waals surface area contributed by atoms with E-state index >= 15 is 0 Å². The van der Waals surface area contributed by atoms with Crippen LogP contribution in [0.25, 0.3) is 33.6 Å². The third-order valence-corrected chi connectivity index (χ3v) is 5.58. The van der Waals surface area contributed by atoms with Gasteiger partial charge in [-0.25, -0.2) is 9.37 Å². The molecule has 4 aromatic rings. The average Bonchev–Trinajstić information content (AvgIpc) is 3.47. The molecule has 1 fully saturated rings. The Kier molecular flexibility index (Phi) is 5.50. The molecule has 4 heterocycles. The van der Waals surface area contributed by atoms with Crippen molar-refractivity contribution in [2.45, 2.75) is 19.4 Å². The lowest BCUT2D eigenvalue weighted by atomic mass is 9.96. The number of hydrogen-bond acceptors (Lipinski definition) is 7. The molecule has 0 bridgehead atoms. The Balaban J connectivity index is 0.00000245. The van der Waals surface area contributed by atoms with E-state index in [1.807, 2.05) is 13.0 Å². The van der Waals surface area contributed by atoms with Crippen molar-refractivity contribution in [2.24, 2.45) is 5.73 Å². The van der Waals surface area contributed by atoms with Gasteiger partial charge in [0.05, 0.1) is 22.2 Å².